The lowest BCUT2D eigenvalue weighted by Crippen LogP contribution is -3.13. The van der Waals surface area contributed by atoms with Crippen LogP contribution >= 0.6 is 12.2 Å². The first-order valence-corrected chi connectivity index (χ1v) is 7.94. The summed E-state index contributed by atoms with van der Waals surface area (Å²) in [5, 5.41) is 8.47. The van der Waals surface area contributed by atoms with Crippen molar-refractivity contribution in [2.45, 2.75) is 71.8 Å². The maximum Gasteiger partial charge on any atom is 0.0874 e. The molecule has 0 aromatic heterocycles. The summed E-state index contributed by atoms with van der Waals surface area (Å²) in [6.45, 7) is 10.00. The highest BCUT2D eigenvalue weighted by Crippen LogP contribution is 2.10. The van der Waals surface area contributed by atoms with Crippen LogP contribution in [0.1, 0.15) is 65.7 Å². The van der Waals surface area contributed by atoms with Gasteiger partial charge >= 0.3 is 0 Å². The Morgan fingerprint density at radius 2 is 1.72 bits per heavy atom. The second-order valence-corrected chi connectivity index (χ2v) is 5.75. The van der Waals surface area contributed by atoms with E-state index in [9.17, 15) is 0 Å². The molecule has 0 amide bonds. The van der Waals surface area contributed by atoms with Gasteiger partial charge in [-0.05, 0) is 19.8 Å². The SMILES string of the molecule is CCCCCCCC[NH+]1CCC(C)C1C.[N-]=C=S. The van der Waals surface area contributed by atoms with E-state index < -0.39 is 0 Å². The molecule has 0 spiro atoms. The summed E-state index contributed by atoms with van der Waals surface area (Å²) in [6.07, 6.45) is 10.1. The normalized spacial score (nSPS) is 26.3. The molecule has 0 aromatic rings. The zero-order chi connectivity index (χ0) is 13.8. The van der Waals surface area contributed by atoms with Crippen LogP contribution in [-0.4, -0.2) is 24.3 Å². The minimum absolute atomic E-state index is 0.917. The van der Waals surface area contributed by atoms with Crippen LogP contribution in [0.5, 0.6) is 0 Å². The molecule has 2 nitrogen and oxygen atoms in total. The summed E-state index contributed by atoms with van der Waals surface area (Å²) in [4.78, 5) is 1.87. The molecule has 0 aliphatic carbocycles. The summed E-state index contributed by atoms with van der Waals surface area (Å²) in [7, 11) is 0. The van der Waals surface area contributed by atoms with E-state index in [1.807, 2.05) is 4.90 Å². The number of hydrogen-bond donors (Lipinski definition) is 1. The highest BCUT2D eigenvalue weighted by atomic mass is 32.1. The molecule has 1 saturated heterocycles. The summed E-state index contributed by atoms with van der Waals surface area (Å²) >= 11 is 3.70. The van der Waals surface area contributed by atoms with E-state index in [2.05, 4.69) is 33.0 Å². The number of nitrogens with one attached hydrogen (secondary N) is 1. The largest absolute Gasteiger partial charge is 0.753 e. The first-order chi connectivity index (χ1) is 8.67. The zero-order valence-electron chi connectivity index (χ0n) is 12.4. The van der Waals surface area contributed by atoms with Gasteiger partial charge in [0.15, 0.2) is 0 Å². The van der Waals surface area contributed by atoms with Gasteiger partial charge in [-0.15, -0.1) is 0 Å². The zero-order valence-corrected chi connectivity index (χ0v) is 13.2. The van der Waals surface area contributed by atoms with Gasteiger partial charge < -0.3 is 10.3 Å². The van der Waals surface area contributed by atoms with E-state index in [0.717, 1.165) is 12.0 Å². The number of isothiocyanates is 1. The molecule has 106 valence electrons. The van der Waals surface area contributed by atoms with E-state index in [4.69, 9.17) is 5.41 Å². The smallest absolute Gasteiger partial charge is 0.0874 e. The highest BCUT2D eigenvalue weighted by molar-refractivity contribution is 7.78. The van der Waals surface area contributed by atoms with Gasteiger partial charge in [0, 0.05) is 12.3 Å². The van der Waals surface area contributed by atoms with Gasteiger partial charge in [-0.1, -0.05) is 51.7 Å². The molecule has 1 aliphatic heterocycles. The topological polar surface area (TPSA) is 26.7 Å². The molecule has 1 rings (SSSR count). The lowest BCUT2D eigenvalue weighted by molar-refractivity contribution is -0.912. The summed E-state index contributed by atoms with van der Waals surface area (Å²) < 4.78 is 0. The highest BCUT2D eigenvalue weighted by Gasteiger charge is 2.30. The van der Waals surface area contributed by atoms with Crippen LogP contribution in [-0.2, 0) is 0 Å². The van der Waals surface area contributed by atoms with Crippen LogP contribution < -0.4 is 4.90 Å². The number of unbranched alkanes of at least 4 members (excludes halogenated alkanes) is 5. The molecule has 18 heavy (non-hydrogen) atoms. The van der Waals surface area contributed by atoms with Crippen molar-refractivity contribution in [1.82, 2.24) is 0 Å². The maximum absolute atomic E-state index is 7.13. The standard InChI is InChI=1S/C14H29N.CNS/c1-4-5-6-7-8-9-11-15-12-10-13(2)14(15)3;2-1-3/h13-14H,4-12H2,1-3H3;/q;-1/p+1. The molecule has 0 radical (unpaired) electrons. The maximum atomic E-state index is 7.13. The minimum Gasteiger partial charge on any atom is -0.753 e. The predicted octanol–water partition coefficient (Wildman–Crippen LogP) is 3.32. The molecule has 3 atom stereocenters. The van der Waals surface area contributed by atoms with Crippen LogP contribution in [0.25, 0.3) is 5.41 Å². The number of likely N-dealkylation sites (tertiary alicyclic amines) is 1. The molecule has 1 heterocycles. The Morgan fingerprint density at radius 3 is 2.22 bits per heavy atom. The molecule has 3 unspecified atom stereocenters. The Balaban J connectivity index is 0.000000873. The molecular weight excluding hydrogens is 240 g/mol. The van der Waals surface area contributed by atoms with Crippen molar-refractivity contribution in [3.05, 3.63) is 5.41 Å². The number of rotatable bonds is 7. The van der Waals surface area contributed by atoms with E-state index in [1.165, 1.54) is 63.2 Å². The van der Waals surface area contributed by atoms with Crippen LogP contribution in [0.15, 0.2) is 0 Å². The Kier molecular flexibility index (Phi) is 11.7. The van der Waals surface area contributed by atoms with Crippen LogP contribution in [0.4, 0.5) is 0 Å². The number of nitrogens with zero attached hydrogens (tertiary/aromatic N) is 1. The molecule has 3 heteroatoms. The number of hydrogen-bond acceptors (Lipinski definition) is 1. The lowest BCUT2D eigenvalue weighted by Gasteiger charge is -2.19. The van der Waals surface area contributed by atoms with Gasteiger partial charge in [0.2, 0.25) is 0 Å². The first kappa shape index (κ1) is 17.8. The molecule has 0 aromatic carbocycles. The Bertz CT molecular complexity index is 225. The van der Waals surface area contributed by atoms with Crippen LogP contribution in [0.3, 0.4) is 0 Å². The summed E-state index contributed by atoms with van der Waals surface area (Å²) in [5.41, 5.74) is 0. The summed E-state index contributed by atoms with van der Waals surface area (Å²) in [6, 6.07) is 0.917. The molecule has 1 aliphatic rings. The molecule has 1 fully saturated rings. The van der Waals surface area contributed by atoms with E-state index >= 15 is 0 Å². The second kappa shape index (κ2) is 11.8. The van der Waals surface area contributed by atoms with Crippen molar-refractivity contribution in [2.75, 3.05) is 13.1 Å². The Labute approximate surface area is 119 Å². The van der Waals surface area contributed by atoms with Crippen molar-refractivity contribution in [3.63, 3.8) is 0 Å². The van der Waals surface area contributed by atoms with Gasteiger partial charge in [0.1, 0.15) is 0 Å². The van der Waals surface area contributed by atoms with Crippen molar-refractivity contribution in [2.24, 2.45) is 5.92 Å². The predicted molar refractivity (Wildman–Crippen MR) is 83.3 cm³/mol. The Morgan fingerprint density at radius 1 is 1.17 bits per heavy atom. The third-order valence-electron chi connectivity index (χ3n) is 4.27. The first-order valence-electron chi connectivity index (χ1n) is 7.53. The number of thiocarbonyl (C=S) groups is 1. The van der Waals surface area contributed by atoms with Gasteiger partial charge in [0.05, 0.1) is 19.1 Å². The second-order valence-electron chi connectivity index (χ2n) is 5.57. The fourth-order valence-electron chi connectivity index (χ4n) is 2.78. The van der Waals surface area contributed by atoms with E-state index in [-0.39, 0.29) is 0 Å². The lowest BCUT2D eigenvalue weighted by atomic mass is 10.1. The summed E-state index contributed by atoms with van der Waals surface area (Å²) in [5.74, 6) is 0.958. The van der Waals surface area contributed by atoms with Crippen LogP contribution in [0.2, 0.25) is 0 Å². The quantitative estimate of drug-likeness (QED) is 0.429. The van der Waals surface area contributed by atoms with Crippen molar-refractivity contribution < 1.29 is 4.90 Å². The van der Waals surface area contributed by atoms with Gasteiger partial charge in [-0.3, -0.25) is 0 Å². The fourth-order valence-corrected chi connectivity index (χ4v) is 2.78. The van der Waals surface area contributed by atoms with E-state index in [1.54, 1.807) is 0 Å². The average molecular weight is 270 g/mol. The third kappa shape index (κ3) is 7.97. The van der Waals surface area contributed by atoms with Gasteiger partial charge in [-0.25, -0.2) is 0 Å². The molecule has 0 saturated carbocycles. The fraction of sp³-hybridized carbons (Fsp3) is 0.933. The third-order valence-corrected chi connectivity index (χ3v) is 4.27. The molecule has 1 N–H and O–H groups in total. The molecule has 0 bridgehead atoms. The van der Waals surface area contributed by atoms with Crippen molar-refractivity contribution in [3.8, 4) is 0 Å². The monoisotopic (exact) mass is 270 g/mol. The van der Waals surface area contributed by atoms with Crippen molar-refractivity contribution >= 4 is 17.4 Å². The van der Waals surface area contributed by atoms with Crippen molar-refractivity contribution in [1.29, 1.82) is 0 Å². The van der Waals surface area contributed by atoms with Gasteiger partial charge in [-0.2, -0.15) is 5.16 Å². The molecular formula is C15H30N2S. The van der Waals surface area contributed by atoms with Crippen LogP contribution in [0, 0.1) is 5.92 Å². The minimum atomic E-state index is 0.917. The number of quaternary nitrogens is 1. The van der Waals surface area contributed by atoms with Gasteiger partial charge in [0.25, 0.3) is 0 Å². The average Bonchev–Trinajstić information content (AvgIpc) is 2.66. The van der Waals surface area contributed by atoms with E-state index in [0.29, 0.717) is 0 Å². The Hall–Kier alpha value is -0.240.